The second-order valence-electron chi connectivity index (χ2n) is 6.53. The van der Waals surface area contributed by atoms with Crippen molar-refractivity contribution < 1.29 is 17.9 Å². The van der Waals surface area contributed by atoms with Crippen molar-refractivity contribution in [3.8, 4) is 0 Å². The van der Waals surface area contributed by atoms with E-state index in [9.17, 15) is 8.42 Å². The molecule has 2 aliphatic rings. The quantitative estimate of drug-likeness (QED) is 0.837. The third-order valence-electron chi connectivity index (χ3n) is 4.22. The van der Waals surface area contributed by atoms with E-state index in [1.54, 1.807) is 12.1 Å². The fourth-order valence-corrected chi connectivity index (χ4v) is 4.64. The maximum absolute atomic E-state index is 12.8. The molecule has 2 aliphatic heterocycles. The lowest BCUT2D eigenvalue weighted by Gasteiger charge is -2.24. The van der Waals surface area contributed by atoms with E-state index in [1.165, 1.54) is 4.31 Å². The number of nitrogens with zero attached hydrogens (tertiary/aromatic N) is 1. The lowest BCUT2D eigenvalue weighted by Crippen LogP contribution is -2.39. The Bertz CT molecular complexity index is 639. The van der Waals surface area contributed by atoms with Crippen LogP contribution >= 0.6 is 0 Å². The Kier molecular flexibility index (Phi) is 4.05. The molecule has 5 nitrogen and oxygen atoms in total. The van der Waals surface area contributed by atoms with Crippen LogP contribution in [-0.4, -0.2) is 43.8 Å². The zero-order chi connectivity index (χ0) is 16.0. The van der Waals surface area contributed by atoms with Crippen molar-refractivity contribution in [1.29, 1.82) is 0 Å². The molecule has 3 rings (SSSR count). The van der Waals surface area contributed by atoms with Gasteiger partial charge in [0.1, 0.15) is 6.10 Å². The van der Waals surface area contributed by atoms with Crippen LogP contribution in [0.25, 0.3) is 0 Å². The summed E-state index contributed by atoms with van der Waals surface area (Å²) in [5, 5.41) is 0. The smallest absolute Gasteiger partial charge is 0.243 e. The van der Waals surface area contributed by atoms with Crippen LogP contribution in [-0.2, 0) is 19.5 Å². The first-order valence-electron chi connectivity index (χ1n) is 7.70. The second-order valence-corrected chi connectivity index (χ2v) is 8.47. The molecule has 0 aromatic heterocycles. The van der Waals surface area contributed by atoms with Gasteiger partial charge in [-0.3, -0.25) is 0 Å². The molecule has 2 saturated heterocycles. The lowest BCUT2D eigenvalue weighted by molar-refractivity contribution is -0.148. The van der Waals surface area contributed by atoms with E-state index in [2.05, 4.69) is 0 Å². The Morgan fingerprint density at radius 1 is 1.14 bits per heavy atom. The van der Waals surface area contributed by atoms with E-state index in [0.29, 0.717) is 18.0 Å². The highest BCUT2D eigenvalue weighted by atomic mass is 32.2. The van der Waals surface area contributed by atoms with Crippen molar-refractivity contribution in [2.24, 2.45) is 0 Å². The van der Waals surface area contributed by atoms with Crippen LogP contribution in [0.5, 0.6) is 0 Å². The van der Waals surface area contributed by atoms with Gasteiger partial charge in [0.05, 0.1) is 11.0 Å². The summed E-state index contributed by atoms with van der Waals surface area (Å²) < 4.78 is 39.0. The molecule has 0 aliphatic carbocycles. The van der Waals surface area contributed by atoms with Crippen LogP contribution < -0.4 is 0 Å². The first-order chi connectivity index (χ1) is 10.3. The predicted molar refractivity (Wildman–Crippen MR) is 83.0 cm³/mol. The van der Waals surface area contributed by atoms with Gasteiger partial charge in [-0.2, -0.15) is 4.31 Å². The fourth-order valence-electron chi connectivity index (χ4n) is 3.15. The summed E-state index contributed by atoms with van der Waals surface area (Å²) in [6.07, 6.45) is 1.39. The minimum Gasteiger partial charge on any atom is -0.345 e. The van der Waals surface area contributed by atoms with Crippen molar-refractivity contribution in [1.82, 2.24) is 4.31 Å². The second kappa shape index (κ2) is 5.60. The molecule has 2 atom stereocenters. The van der Waals surface area contributed by atoms with Gasteiger partial charge < -0.3 is 9.47 Å². The van der Waals surface area contributed by atoms with Gasteiger partial charge in [-0.15, -0.1) is 0 Å². The number of hydrogen-bond donors (Lipinski definition) is 0. The molecule has 0 N–H and O–H groups in total. The Labute approximate surface area is 132 Å². The highest BCUT2D eigenvalue weighted by Gasteiger charge is 2.44. The molecule has 1 aromatic rings. The van der Waals surface area contributed by atoms with E-state index >= 15 is 0 Å². The van der Waals surface area contributed by atoms with Crippen molar-refractivity contribution in [2.75, 3.05) is 13.1 Å². The van der Waals surface area contributed by atoms with Gasteiger partial charge in [0.25, 0.3) is 0 Å². The number of rotatable bonds is 2. The van der Waals surface area contributed by atoms with Gasteiger partial charge in [0.2, 0.25) is 10.0 Å². The summed E-state index contributed by atoms with van der Waals surface area (Å²) in [5.41, 5.74) is 1.05. The van der Waals surface area contributed by atoms with E-state index in [0.717, 1.165) is 18.4 Å². The fraction of sp³-hybridized carbons (Fsp3) is 0.625. The van der Waals surface area contributed by atoms with Crippen LogP contribution in [0.4, 0.5) is 0 Å². The molecule has 22 heavy (non-hydrogen) atoms. The lowest BCUT2D eigenvalue weighted by atomic mass is 10.1. The average Bonchev–Trinajstić information content (AvgIpc) is 2.59. The van der Waals surface area contributed by atoms with E-state index in [4.69, 9.17) is 9.47 Å². The Balaban J connectivity index is 1.83. The van der Waals surface area contributed by atoms with E-state index in [1.807, 2.05) is 32.9 Å². The maximum atomic E-state index is 12.8. The molecule has 0 amide bonds. The predicted octanol–water partition coefficient (Wildman–Crippen LogP) is 2.30. The normalized spacial score (nSPS) is 29.0. The zero-order valence-electron chi connectivity index (χ0n) is 13.3. The summed E-state index contributed by atoms with van der Waals surface area (Å²) in [7, 11) is -3.48. The highest BCUT2D eigenvalue weighted by molar-refractivity contribution is 7.89. The van der Waals surface area contributed by atoms with E-state index < -0.39 is 15.8 Å². The first kappa shape index (κ1) is 15.9. The van der Waals surface area contributed by atoms with Crippen LogP contribution in [0.3, 0.4) is 0 Å². The van der Waals surface area contributed by atoms with Gasteiger partial charge in [-0.05, 0) is 45.7 Å². The molecule has 0 unspecified atom stereocenters. The van der Waals surface area contributed by atoms with Crippen LogP contribution in [0.1, 0.15) is 32.3 Å². The first-order valence-corrected chi connectivity index (χ1v) is 9.14. The van der Waals surface area contributed by atoms with Crippen LogP contribution in [0, 0.1) is 6.92 Å². The molecule has 2 heterocycles. The number of ether oxygens (including phenoxy) is 2. The molecule has 122 valence electrons. The van der Waals surface area contributed by atoms with Crippen LogP contribution in [0.15, 0.2) is 29.2 Å². The minimum atomic E-state index is -3.48. The topological polar surface area (TPSA) is 55.8 Å². The number of aryl methyl sites for hydroxylation is 1. The zero-order valence-corrected chi connectivity index (χ0v) is 14.1. The summed E-state index contributed by atoms with van der Waals surface area (Å²) in [6.45, 7) is 6.56. The molecular weight excluding hydrogens is 302 g/mol. The largest absolute Gasteiger partial charge is 0.345 e. The average molecular weight is 325 g/mol. The SMILES string of the molecule is Cc1ccc(S(=O)(=O)N2CCC[C@@H]3OC(C)(C)O[C@@H]3C2)cc1. The molecule has 2 fully saturated rings. The molecule has 1 aromatic carbocycles. The Morgan fingerprint density at radius 3 is 2.45 bits per heavy atom. The van der Waals surface area contributed by atoms with Crippen LogP contribution in [0.2, 0.25) is 0 Å². The van der Waals surface area contributed by atoms with Gasteiger partial charge in [-0.1, -0.05) is 17.7 Å². The Morgan fingerprint density at radius 2 is 1.77 bits per heavy atom. The third kappa shape index (κ3) is 3.06. The van der Waals surface area contributed by atoms with E-state index in [-0.39, 0.29) is 12.2 Å². The molecule has 0 spiro atoms. The summed E-state index contributed by atoms with van der Waals surface area (Å²) in [5.74, 6) is -0.633. The van der Waals surface area contributed by atoms with Crippen molar-refractivity contribution in [3.63, 3.8) is 0 Å². The third-order valence-corrected chi connectivity index (χ3v) is 6.10. The maximum Gasteiger partial charge on any atom is 0.243 e. The van der Waals surface area contributed by atoms with Crippen molar-refractivity contribution >= 4 is 10.0 Å². The molecular formula is C16H23NO4S. The summed E-state index contributed by atoms with van der Waals surface area (Å²) >= 11 is 0. The molecule has 6 heteroatoms. The summed E-state index contributed by atoms with van der Waals surface area (Å²) in [4.78, 5) is 0.342. The van der Waals surface area contributed by atoms with Gasteiger partial charge >= 0.3 is 0 Å². The highest BCUT2D eigenvalue weighted by Crippen LogP contribution is 2.34. The van der Waals surface area contributed by atoms with Gasteiger partial charge in [0, 0.05) is 13.1 Å². The Hall–Kier alpha value is -0.950. The van der Waals surface area contributed by atoms with Gasteiger partial charge in [0.15, 0.2) is 5.79 Å². The molecule has 0 bridgehead atoms. The molecule has 0 radical (unpaired) electrons. The summed E-state index contributed by atoms with van der Waals surface area (Å²) in [6, 6.07) is 6.99. The number of hydrogen-bond acceptors (Lipinski definition) is 4. The number of benzene rings is 1. The monoisotopic (exact) mass is 325 g/mol. The van der Waals surface area contributed by atoms with Gasteiger partial charge in [-0.25, -0.2) is 8.42 Å². The van der Waals surface area contributed by atoms with Crippen molar-refractivity contribution in [2.45, 2.75) is 56.5 Å². The number of fused-ring (bicyclic) bond motifs is 1. The molecule has 0 saturated carbocycles. The minimum absolute atomic E-state index is 0.0202. The standard InChI is InChI=1S/C16H23NO4S/c1-12-6-8-13(9-7-12)22(18,19)17-10-4-5-14-15(11-17)21-16(2,3)20-14/h6-9,14-15H,4-5,10-11H2,1-3H3/t14-,15+/m0/s1. The number of sulfonamides is 1. The van der Waals surface area contributed by atoms with Crippen molar-refractivity contribution in [3.05, 3.63) is 29.8 Å².